The first-order chi connectivity index (χ1) is 15.3. The van der Waals surface area contributed by atoms with Gasteiger partial charge in [0.15, 0.2) is 0 Å². The van der Waals surface area contributed by atoms with E-state index in [9.17, 15) is 4.79 Å². The average Bonchev–Trinajstić information content (AvgIpc) is 3.59. The fraction of sp³-hybridized carbons (Fsp3) is 0.200. The van der Waals surface area contributed by atoms with Gasteiger partial charge in [-0.1, -0.05) is 36.4 Å². The maximum absolute atomic E-state index is 13.8. The third kappa shape index (κ3) is 3.64. The van der Waals surface area contributed by atoms with Crippen LogP contribution in [0.2, 0.25) is 0 Å². The molecular weight excluding hydrogens is 406 g/mol. The lowest BCUT2D eigenvalue weighted by Crippen LogP contribution is -2.30. The highest BCUT2D eigenvalue weighted by atomic mass is 32.1. The number of para-hydroxylation sites is 2. The van der Waals surface area contributed by atoms with Crippen LogP contribution in [0.15, 0.2) is 78.3 Å². The van der Waals surface area contributed by atoms with Crippen molar-refractivity contribution in [1.82, 2.24) is 14.7 Å². The van der Waals surface area contributed by atoms with Crippen molar-refractivity contribution in [3.8, 4) is 22.7 Å². The molecule has 0 bridgehead atoms. The standard InChI is InChI=1S/C25H23N3O2S/c1-30-22-13-6-5-11-19(22)24-20(17-28(26-24)18-9-3-2-4-10-18)25(29)27-15-7-12-21(27)23-14-8-16-31-23/h2-6,8-11,13-14,16-17,21H,7,12,15H2,1H3. The van der Waals surface area contributed by atoms with E-state index in [-0.39, 0.29) is 11.9 Å². The van der Waals surface area contributed by atoms with Crippen LogP contribution in [-0.2, 0) is 0 Å². The van der Waals surface area contributed by atoms with Gasteiger partial charge < -0.3 is 9.64 Å². The highest BCUT2D eigenvalue weighted by Gasteiger charge is 2.34. The first-order valence-electron chi connectivity index (χ1n) is 10.4. The van der Waals surface area contributed by atoms with Crippen LogP contribution in [0.5, 0.6) is 5.75 Å². The molecule has 5 rings (SSSR count). The van der Waals surface area contributed by atoms with E-state index in [1.165, 1.54) is 4.88 Å². The molecule has 2 aromatic carbocycles. The molecule has 156 valence electrons. The highest BCUT2D eigenvalue weighted by Crippen LogP contribution is 2.38. The number of thiophene rings is 1. The number of carbonyl (C=O) groups is 1. The molecule has 2 aromatic heterocycles. The fourth-order valence-electron chi connectivity index (χ4n) is 4.22. The normalized spacial score (nSPS) is 15.9. The topological polar surface area (TPSA) is 47.4 Å². The van der Waals surface area contributed by atoms with Gasteiger partial charge in [-0.2, -0.15) is 5.10 Å². The summed E-state index contributed by atoms with van der Waals surface area (Å²) in [6.07, 6.45) is 3.84. The summed E-state index contributed by atoms with van der Waals surface area (Å²) < 4.78 is 7.37. The maximum Gasteiger partial charge on any atom is 0.258 e. The van der Waals surface area contributed by atoms with Crippen molar-refractivity contribution in [2.45, 2.75) is 18.9 Å². The van der Waals surface area contributed by atoms with Gasteiger partial charge in [-0.15, -0.1) is 11.3 Å². The smallest absolute Gasteiger partial charge is 0.258 e. The molecule has 0 radical (unpaired) electrons. The summed E-state index contributed by atoms with van der Waals surface area (Å²) in [4.78, 5) is 17.1. The Morgan fingerprint density at radius 2 is 1.87 bits per heavy atom. The van der Waals surface area contributed by atoms with Crippen molar-refractivity contribution in [2.75, 3.05) is 13.7 Å². The van der Waals surface area contributed by atoms with Crippen molar-refractivity contribution >= 4 is 17.2 Å². The lowest BCUT2D eigenvalue weighted by molar-refractivity contribution is 0.0738. The number of rotatable bonds is 5. The second-order valence-corrected chi connectivity index (χ2v) is 8.52. The van der Waals surface area contributed by atoms with Gasteiger partial charge in [0.1, 0.15) is 11.4 Å². The number of carbonyl (C=O) groups excluding carboxylic acids is 1. The van der Waals surface area contributed by atoms with Crippen molar-refractivity contribution in [2.24, 2.45) is 0 Å². The largest absolute Gasteiger partial charge is 0.496 e. The minimum atomic E-state index is 0.0130. The summed E-state index contributed by atoms with van der Waals surface area (Å²) in [6, 6.07) is 21.9. The summed E-state index contributed by atoms with van der Waals surface area (Å²) in [5, 5.41) is 6.90. The Kier molecular flexibility index (Phi) is 5.30. The van der Waals surface area contributed by atoms with Crippen molar-refractivity contribution in [3.05, 3.63) is 88.7 Å². The summed E-state index contributed by atoms with van der Waals surface area (Å²) in [5.74, 6) is 0.713. The second-order valence-electron chi connectivity index (χ2n) is 7.54. The number of nitrogens with zero attached hydrogens (tertiary/aromatic N) is 3. The zero-order valence-electron chi connectivity index (χ0n) is 17.3. The Bertz CT molecular complexity index is 1180. The molecule has 0 saturated carbocycles. The highest BCUT2D eigenvalue weighted by molar-refractivity contribution is 7.10. The lowest BCUT2D eigenvalue weighted by Gasteiger charge is -2.24. The summed E-state index contributed by atoms with van der Waals surface area (Å²) >= 11 is 1.71. The summed E-state index contributed by atoms with van der Waals surface area (Å²) in [5.41, 5.74) is 2.96. The molecule has 5 nitrogen and oxygen atoms in total. The number of methoxy groups -OCH3 is 1. The van der Waals surface area contributed by atoms with Crippen LogP contribution in [0, 0.1) is 0 Å². The molecule has 1 unspecified atom stereocenters. The van der Waals surface area contributed by atoms with Crippen LogP contribution in [0.3, 0.4) is 0 Å². The van der Waals surface area contributed by atoms with Crippen molar-refractivity contribution in [1.29, 1.82) is 0 Å². The number of hydrogen-bond donors (Lipinski definition) is 0. The minimum absolute atomic E-state index is 0.0130. The maximum atomic E-state index is 13.8. The van der Waals surface area contributed by atoms with E-state index >= 15 is 0 Å². The van der Waals surface area contributed by atoms with Crippen molar-refractivity contribution in [3.63, 3.8) is 0 Å². The van der Waals surface area contributed by atoms with E-state index in [1.54, 1.807) is 23.1 Å². The number of amides is 1. The van der Waals surface area contributed by atoms with Gasteiger partial charge in [0.25, 0.3) is 5.91 Å². The Labute approximate surface area is 185 Å². The molecule has 1 aliphatic heterocycles. The van der Waals surface area contributed by atoms with Gasteiger partial charge in [-0.25, -0.2) is 4.68 Å². The average molecular weight is 430 g/mol. The predicted octanol–water partition coefficient (Wildman–Crippen LogP) is 5.59. The summed E-state index contributed by atoms with van der Waals surface area (Å²) in [6.45, 7) is 0.753. The van der Waals surface area contributed by atoms with Gasteiger partial charge in [0, 0.05) is 23.2 Å². The number of hydrogen-bond acceptors (Lipinski definition) is 4. The molecule has 0 N–H and O–H groups in total. The molecule has 4 aromatic rings. The Hall–Kier alpha value is -3.38. The second kappa shape index (κ2) is 8.40. The first kappa shape index (κ1) is 19.6. The molecule has 1 fully saturated rings. The Morgan fingerprint density at radius 1 is 1.06 bits per heavy atom. The molecular formula is C25H23N3O2S. The zero-order chi connectivity index (χ0) is 21.2. The van der Waals surface area contributed by atoms with E-state index in [0.717, 1.165) is 30.6 Å². The molecule has 1 amide bonds. The van der Waals surface area contributed by atoms with Crippen LogP contribution in [0.25, 0.3) is 16.9 Å². The van der Waals surface area contributed by atoms with Crippen LogP contribution in [0.1, 0.15) is 34.1 Å². The number of benzene rings is 2. The molecule has 1 atom stereocenters. The molecule has 0 spiro atoms. The Morgan fingerprint density at radius 3 is 2.65 bits per heavy atom. The van der Waals surface area contributed by atoms with Gasteiger partial charge in [-0.3, -0.25) is 4.79 Å². The van der Waals surface area contributed by atoms with E-state index in [2.05, 4.69) is 17.5 Å². The number of ether oxygens (including phenoxy) is 1. The predicted molar refractivity (Wildman–Crippen MR) is 123 cm³/mol. The third-order valence-electron chi connectivity index (χ3n) is 5.71. The van der Waals surface area contributed by atoms with E-state index in [0.29, 0.717) is 17.0 Å². The molecule has 1 aliphatic rings. The molecule has 1 saturated heterocycles. The lowest BCUT2D eigenvalue weighted by atomic mass is 10.1. The van der Waals surface area contributed by atoms with Gasteiger partial charge >= 0.3 is 0 Å². The Balaban J connectivity index is 1.61. The van der Waals surface area contributed by atoms with E-state index in [4.69, 9.17) is 9.84 Å². The van der Waals surface area contributed by atoms with Gasteiger partial charge in [0.05, 0.1) is 24.4 Å². The van der Waals surface area contributed by atoms with Crippen LogP contribution in [0.4, 0.5) is 0 Å². The zero-order valence-corrected chi connectivity index (χ0v) is 18.1. The summed E-state index contributed by atoms with van der Waals surface area (Å²) in [7, 11) is 1.64. The SMILES string of the molecule is COc1ccccc1-c1nn(-c2ccccc2)cc1C(=O)N1CCCC1c1cccs1. The van der Waals surface area contributed by atoms with Gasteiger partial charge in [0.2, 0.25) is 0 Å². The number of likely N-dealkylation sites (tertiary alicyclic amines) is 1. The molecule has 0 aliphatic carbocycles. The minimum Gasteiger partial charge on any atom is -0.496 e. The van der Waals surface area contributed by atoms with E-state index < -0.39 is 0 Å². The fourth-order valence-corrected chi connectivity index (χ4v) is 5.10. The van der Waals surface area contributed by atoms with Crippen LogP contribution < -0.4 is 4.74 Å². The first-order valence-corrected chi connectivity index (χ1v) is 11.3. The van der Waals surface area contributed by atoms with E-state index in [1.807, 2.05) is 65.7 Å². The van der Waals surface area contributed by atoms with Gasteiger partial charge in [-0.05, 0) is 48.6 Å². The third-order valence-corrected chi connectivity index (χ3v) is 6.69. The molecule has 6 heteroatoms. The van der Waals surface area contributed by atoms with Crippen molar-refractivity contribution < 1.29 is 9.53 Å². The quantitative estimate of drug-likeness (QED) is 0.416. The van der Waals surface area contributed by atoms with Crippen LogP contribution >= 0.6 is 11.3 Å². The van der Waals surface area contributed by atoms with Crippen LogP contribution in [-0.4, -0.2) is 34.2 Å². The number of aromatic nitrogens is 2. The monoisotopic (exact) mass is 429 g/mol. The molecule has 3 heterocycles. The molecule has 31 heavy (non-hydrogen) atoms.